The third-order valence-electron chi connectivity index (χ3n) is 4.87. The summed E-state index contributed by atoms with van der Waals surface area (Å²) in [5.41, 5.74) is -5.04. The second-order valence-corrected chi connectivity index (χ2v) is 7.84. The highest BCUT2D eigenvalue weighted by molar-refractivity contribution is 6.48. The van der Waals surface area contributed by atoms with Crippen LogP contribution in [0.2, 0.25) is 15.1 Å². The Hall–Kier alpha value is -1.95. The monoisotopic (exact) mass is 484 g/mol. The summed E-state index contributed by atoms with van der Waals surface area (Å²) < 4.78 is 82.0. The zero-order valence-corrected chi connectivity index (χ0v) is 16.9. The van der Waals surface area contributed by atoms with Gasteiger partial charge in [0.1, 0.15) is 5.41 Å². The Balaban J connectivity index is 2.09. The van der Waals surface area contributed by atoms with Gasteiger partial charge in [0.2, 0.25) is 0 Å². The highest BCUT2D eigenvalue weighted by atomic mass is 35.5. The molecule has 2 aromatic rings. The number of benzene rings is 2. The molecule has 0 fully saturated rings. The smallest absolute Gasteiger partial charge is 0.288 e. The van der Waals surface area contributed by atoms with Crippen molar-refractivity contribution in [2.75, 3.05) is 6.54 Å². The van der Waals surface area contributed by atoms with E-state index in [0.29, 0.717) is 6.07 Å². The Morgan fingerprint density at radius 1 is 0.967 bits per heavy atom. The molecule has 2 aromatic carbocycles. The van der Waals surface area contributed by atoms with Crippen molar-refractivity contribution in [2.24, 2.45) is 4.99 Å². The van der Waals surface area contributed by atoms with Gasteiger partial charge in [-0.3, -0.25) is 4.99 Å². The molecule has 2 nitrogen and oxygen atoms in total. The molecule has 1 aliphatic rings. The van der Waals surface area contributed by atoms with Crippen molar-refractivity contribution in [3.8, 4) is 6.07 Å². The van der Waals surface area contributed by atoms with Gasteiger partial charge in [0.25, 0.3) is 0 Å². The average molecular weight is 486 g/mol. The molecule has 158 valence electrons. The molecule has 0 bridgehead atoms. The van der Waals surface area contributed by atoms with E-state index in [-0.39, 0.29) is 31.9 Å². The van der Waals surface area contributed by atoms with Crippen LogP contribution >= 0.6 is 34.8 Å². The van der Waals surface area contributed by atoms with Crippen molar-refractivity contribution in [3.05, 3.63) is 67.7 Å². The summed E-state index contributed by atoms with van der Waals surface area (Å²) in [6.07, 6.45) is -10.4. The van der Waals surface area contributed by atoms with Crippen LogP contribution in [0.5, 0.6) is 0 Å². The standard InChI is InChI=1S/C19H9Cl3F6N2/c20-13-4-11(5-14(21)16(13)22)17(19(26,27)28)6-15(30-8-17)9-1-2-10(7-29)12(3-9)18(23,24)25/h1-5H,6,8H2. The average Bonchev–Trinajstić information content (AvgIpc) is 3.11. The van der Waals surface area contributed by atoms with E-state index in [0.717, 1.165) is 24.3 Å². The Morgan fingerprint density at radius 3 is 2.07 bits per heavy atom. The number of hydrogen-bond donors (Lipinski definition) is 0. The van der Waals surface area contributed by atoms with E-state index in [2.05, 4.69) is 4.99 Å². The molecule has 1 unspecified atom stereocenters. The van der Waals surface area contributed by atoms with Crippen molar-refractivity contribution in [3.63, 3.8) is 0 Å². The molecule has 3 rings (SSSR count). The molecule has 0 spiro atoms. The van der Waals surface area contributed by atoms with Crippen molar-refractivity contribution in [1.82, 2.24) is 0 Å². The number of aliphatic imine (C=N–C) groups is 1. The molecule has 0 radical (unpaired) electrons. The highest BCUT2D eigenvalue weighted by Gasteiger charge is 2.58. The predicted octanol–water partition coefficient (Wildman–Crippen LogP) is 7.23. The van der Waals surface area contributed by atoms with Gasteiger partial charge in [-0.1, -0.05) is 40.9 Å². The molecule has 0 aliphatic carbocycles. The van der Waals surface area contributed by atoms with Crippen LogP contribution in [0.3, 0.4) is 0 Å². The maximum atomic E-state index is 14.1. The van der Waals surface area contributed by atoms with Crippen molar-refractivity contribution >= 4 is 40.5 Å². The fraction of sp³-hybridized carbons (Fsp3) is 0.263. The fourth-order valence-electron chi connectivity index (χ4n) is 3.26. The lowest BCUT2D eigenvalue weighted by Crippen LogP contribution is -2.43. The van der Waals surface area contributed by atoms with Crippen molar-refractivity contribution in [2.45, 2.75) is 24.2 Å². The van der Waals surface area contributed by atoms with E-state index in [1.54, 1.807) is 0 Å². The summed E-state index contributed by atoms with van der Waals surface area (Å²) in [6.45, 7) is -0.762. The van der Waals surface area contributed by atoms with Gasteiger partial charge >= 0.3 is 12.4 Å². The number of hydrogen-bond acceptors (Lipinski definition) is 2. The zero-order chi connectivity index (χ0) is 22.5. The van der Waals surface area contributed by atoms with Crippen LogP contribution in [0.1, 0.15) is 28.7 Å². The lowest BCUT2D eigenvalue weighted by Gasteiger charge is -2.32. The van der Waals surface area contributed by atoms with E-state index < -0.39 is 41.9 Å². The van der Waals surface area contributed by atoms with Gasteiger partial charge in [0.15, 0.2) is 0 Å². The molecule has 0 amide bonds. The Kier molecular flexibility index (Phi) is 5.78. The van der Waals surface area contributed by atoms with E-state index in [4.69, 9.17) is 40.1 Å². The summed E-state index contributed by atoms with van der Waals surface area (Å²) in [7, 11) is 0. The molecule has 0 saturated carbocycles. The molecule has 1 aliphatic heterocycles. The molecule has 0 aromatic heterocycles. The van der Waals surface area contributed by atoms with Gasteiger partial charge in [-0.15, -0.1) is 0 Å². The third kappa shape index (κ3) is 3.86. The summed E-state index contributed by atoms with van der Waals surface area (Å²) >= 11 is 17.6. The minimum atomic E-state index is -4.85. The Morgan fingerprint density at radius 2 is 1.57 bits per heavy atom. The Labute approximate surface area is 181 Å². The maximum absolute atomic E-state index is 14.1. The first kappa shape index (κ1) is 22.7. The first-order chi connectivity index (χ1) is 13.8. The molecule has 1 heterocycles. The van der Waals surface area contributed by atoms with Crippen molar-refractivity contribution in [1.29, 1.82) is 5.26 Å². The lowest BCUT2D eigenvalue weighted by molar-refractivity contribution is -0.183. The molecular weight excluding hydrogens is 477 g/mol. The molecule has 0 N–H and O–H groups in total. The molecule has 1 atom stereocenters. The van der Waals surface area contributed by atoms with E-state index in [9.17, 15) is 26.3 Å². The zero-order valence-electron chi connectivity index (χ0n) is 14.6. The summed E-state index contributed by atoms with van der Waals surface area (Å²) in [5.74, 6) is 0. The largest absolute Gasteiger partial charge is 0.417 e. The lowest BCUT2D eigenvalue weighted by atomic mass is 9.76. The quantitative estimate of drug-likeness (QED) is 0.326. The summed E-state index contributed by atoms with van der Waals surface area (Å²) in [4.78, 5) is 3.89. The van der Waals surface area contributed by atoms with Crippen LogP contribution in [0.25, 0.3) is 0 Å². The minimum absolute atomic E-state index is 0.111. The predicted molar refractivity (Wildman–Crippen MR) is 101 cm³/mol. The molecule has 11 heteroatoms. The third-order valence-corrected chi connectivity index (χ3v) is 6.06. The fourth-order valence-corrected chi connectivity index (χ4v) is 3.85. The van der Waals surface area contributed by atoms with Crippen molar-refractivity contribution < 1.29 is 26.3 Å². The number of rotatable bonds is 2. The first-order valence-corrected chi connectivity index (χ1v) is 9.30. The van der Waals surface area contributed by atoms with E-state index >= 15 is 0 Å². The van der Waals surface area contributed by atoms with Crippen LogP contribution in [0.4, 0.5) is 26.3 Å². The van der Waals surface area contributed by atoms with Gasteiger partial charge in [-0.05, 0) is 35.4 Å². The summed E-state index contributed by atoms with van der Waals surface area (Å²) in [6, 6.07) is 6.16. The number of nitrogens with zero attached hydrogens (tertiary/aromatic N) is 2. The second kappa shape index (κ2) is 7.63. The van der Waals surface area contributed by atoms with Gasteiger partial charge < -0.3 is 0 Å². The van der Waals surface area contributed by atoms with Crippen LogP contribution < -0.4 is 0 Å². The summed E-state index contributed by atoms with van der Waals surface area (Å²) in [5, 5.41) is 8.40. The van der Waals surface area contributed by atoms with Gasteiger partial charge in [0, 0.05) is 12.1 Å². The van der Waals surface area contributed by atoms with E-state index in [1.807, 2.05) is 0 Å². The topological polar surface area (TPSA) is 36.1 Å². The molecular formula is C19H9Cl3F6N2. The van der Waals surface area contributed by atoms with Crippen LogP contribution in [0.15, 0.2) is 35.3 Å². The number of halogens is 9. The van der Waals surface area contributed by atoms with Crippen LogP contribution in [0, 0.1) is 11.3 Å². The van der Waals surface area contributed by atoms with Crippen LogP contribution in [-0.4, -0.2) is 18.4 Å². The first-order valence-electron chi connectivity index (χ1n) is 8.17. The van der Waals surface area contributed by atoms with Crippen LogP contribution in [-0.2, 0) is 11.6 Å². The minimum Gasteiger partial charge on any atom is -0.288 e. The SMILES string of the molecule is N#Cc1ccc(C2=NCC(c3cc(Cl)c(Cl)c(Cl)c3)(C(F)(F)F)C2)cc1C(F)(F)F. The Bertz CT molecular complexity index is 1060. The number of nitriles is 1. The van der Waals surface area contributed by atoms with Gasteiger partial charge in [0.05, 0.1) is 38.8 Å². The second-order valence-electron chi connectivity index (χ2n) is 6.64. The number of alkyl halides is 6. The van der Waals surface area contributed by atoms with Gasteiger partial charge in [-0.25, -0.2) is 0 Å². The maximum Gasteiger partial charge on any atom is 0.417 e. The molecule has 30 heavy (non-hydrogen) atoms. The highest BCUT2D eigenvalue weighted by Crippen LogP contribution is 2.50. The van der Waals surface area contributed by atoms with E-state index in [1.165, 1.54) is 6.07 Å². The normalized spacial score (nSPS) is 19.5. The molecule has 0 saturated heterocycles. The van der Waals surface area contributed by atoms with Gasteiger partial charge in [-0.2, -0.15) is 31.6 Å².